The van der Waals surface area contributed by atoms with Gasteiger partial charge in [0, 0.05) is 31.2 Å². The lowest BCUT2D eigenvalue weighted by atomic mass is 9.96. The van der Waals surface area contributed by atoms with Crippen molar-refractivity contribution >= 4 is 35.8 Å². The quantitative estimate of drug-likeness (QED) is 0.217. The molecule has 1 aliphatic heterocycles. The number of amides is 1. The van der Waals surface area contributed by atoms with E-state index in [9.17, 15) is 4.79 Å². The highest BCUT2D eigenvalue weighted by Gasteiger charge is 2.20. The summed E-state index contributed by atoms with van der Waals surface area (Å²) >= 11 is 0. The monoisotopic (exact) mass is 470 g/mol. The molecule has 1 heterocycles. The lowest BCUT2D eigenvalue weighted by Crippen LogP contribution is -2.45. The van der Waals surface area contributed by atoms with Crippen molar-refractivity contribution in [3.05, 3.63) is 0 Å². The van der Waals surface area contributed by atoms with Crippen LogP contribution < -0.4 is 16.0 Å². The molecular formula is C17H35IN4O3. The molecule has 0 bridgehead atoms. The van der Waals surface area contributed by atoms with E-state index in [0.717, 1.165) is 25.5 Å². The molecule has 1 fully saturated rings. The molecule has 7 nitrogen and oxygen atoms in total. The molecule has 1 rings (SSSR count). The summed E-state index contributed by atoms with van der Waals surface area (Å²) in [6.07, 6.45) is 1.18. The summed E-state index contributed by atoms with van der Waals surface area (Å²) < 4.78 is 11.1. The van der Waals surface area contributed by atoms with Crippen molar-refractivity contribution in [2.45, 2.75) is 53.2 Å². The van der Waals surface area contributed by atoms with Gasteiger partial charge in [-0.3, -0.25) is 9.79 Å². The first kappa shape index (κ1) is 24.4. The van der Waals surface area contributed by atoms with Gasteiger partial charge in [-0.15, -0.1) is 24.0 Å². The summed E-state index contributed by atoms with van der Waals surface area (Å²) in [6.45, 7) is 13.7. The SMILES string of the molecule is CCNC(=NCCNC(=O)C(C)(C)C)NC(C)COC1CCOC1.I. The van der Waals surface area contributed by atoms with E-state index < -0.39 is 0 Å². The Morgan fingerprint density at radius 2 is 2.08 bits per heavy atom. The molecule has 1 amide bonds. The van der Waals surface area contributed by atoms with Gasteiger partial charge < -0.3 is 25.4 Å². The van der Waals surface area contributed by atoms with Gasteiger partial charge in [-0.1, -0.05) is 20.8 Å². The minimum atomic E-state index is -0.373. The van der Waals surface area contributed by atoms with Crippen LogP contribution in [0.25, 0.3) is 0 Å². The first-order chi connectivity index (χ1) is 11.3. The number of rotatable bonds is 8. The van der Waals surface area contributed by atoms with Crippen molar-refractivity contribution in [1.29, 1.82) is 0 Å². The van der Waals surface area contributed by atoms with Crippen molar-refractivity contribution in [3.63, 3.8) is 0 Å². The molecule has 148 valence electrons. The minimum Gasteiger partial charge on any atom is -0.379 e. The van der Waals surface area contributed by atoms with Crippen molar-refractivity contribution in [1.82, 2.24) is 16.0 Å². The maximum absolute atomic E-state index is 11.8. The number of aliphatic imine (C=N–C) groups is 1. The summed E-state index contributed by atoms with van der Waals surface area (Å²) in [7, 11) is 0. The molecule has 0 spiro atoms. The smallest absolute Gasteiger partial charge is 0.225 e. The minimum absolute atomic E-state index is 0. The fourth-order valence-corrected chi connectivity index (χ4v) is 2.12. The van der Waals surface area contributed by atoms with Crippen LogP contribution in [0.15, 0.2) is 4.99 Å². The number of halogens is 1. The van der Waals surface area contributed by atoms with E-state index in [1.165, 1.54) is 0 Å². The Morgan fingerprint density at radius 1 is 1.36 bits per heavy atom. The molecule has 0 saturated carbocycles. The molecular weight excluding hydrogens is 435 g/mol. The zero-order valence-corrected chi connectivity index (χ0v) is 18.5. The zero-order chi connectivity index (χ0) is 18.0. The van der Waals surface area contributed by atoms with E-state index in [1.807, 2.05) is 27.7 Å². The fraction of sp³-hybridized carbons (Fsp3) is 0.882. The second-order valence-corrected chi connectivity index (χ2v) is 7.13. The van der Waals surface area contributed by atoms with Crippen LogP contribution in [-0.4, -0.2) is 63.5 Å². The molecule has 3 N–H and O–H groups in total. The van der Waals surface area contributed by atoms with Gasteiger partial charge in [0.15, 0.2) is 5.96 Å². The van der Waals surface area contributed by atoms with E-state index >= 15 is 0 Å². The maximum atomic E-state index is 11.8. The molecule has 1 saturated heterocycles. The van der Waals surface area contributed by atoms with E-state index in [4.69, 9.17) is 9.47 Å². The third-order valence-electron chi connectivity index (χ3n) is 3.55. The number of nitrogens with one attached hydrogen (secondary N) is 3. The summed E-state index contributed by atoms with van der Waals surface area (Å²) in [5.74, 6) is 0.775. The number of carbonyl (C=O) groups excluding carboxylic acids is 1. The van der Waals surface area contributed by atoms with E-state index in [0.29, 0.717) is 26.3 Å². The van der Waals surface area contributed by atoms with Crippen molar-refractivity contribution in [3.8, 4) is 0 Å². The molecule has 8 heteroatoms. The Kier molecular flexibility index (Phi) is 12.4. The summed E-state index contributed by atoms with van der Waals surface area (Å²) in [6, 6.07) is 0.146. The predicted octanol–water partition coefficient (Wildman–Crippen LogP) is 1.52. The van der Waals surface area contributed by atoms with Crippen molar-refractivity contribution in [2.24, 2.45) is 10.4 Å². The Bertz CT molecular complexity index is 407. The highest BCUT2D eigenvalue weighted by molar-refractivity contribution is 14.0. The number of carbonyl (C=O) groups is 1. The highest BCUT2D eigenvalue weighted by Crippen LogP contribution is 2.11. The van der Waals surface area contributed by atoms with Crippen LogP contribution >= 0.6 is 24.0 Å². The Morgan fingerprint density at radius 3 is 2.64 bits per heavy atom. The Hall–Kier alpha value is -0.610. The van der Waals surface area contributed by atoms with Crippen LogP contribution in [0.5, 0.6) is 0 Å². The van der Waals surface area contributed by atoms with Gasteiger partial charge in [0.1, 0.15) is 0 Å². The van der Waals surface area contributed by atoms with Gasteiger partial charge in [0.05, 0.1) is 25.9 Å². The van der Waals surface area contributed by atoms with E-state index in [1.54, 1.807) is 0 Å². The van der Waals surface area contributed by atoms with Gasteiger partial charge in [-0.2, -0.15) is 0 Å². The zero-order valence-electron chi connectivity index (χ0n) is 16.2. The van der Waals surface area contributed by atoms with Crippen LogP contribution in [0.4, 0.5) is 0 Å². The van der Waals surface area contributed by atoms with E-state index in [-0.39, 0.29) is 47.4 Å². The molecule has 0 aliphatic carbocycles. The average molecular weight is 470 g/mol. The number of guanidine groups is 1. The Balaban J connectivity index is 0.00000576. The van der Waals surface area contributed by atoms with Crippen LogP contribution in [0.2, 0.25) is 0 Å². The molecule has 0 radical (unpaired) electrons. The van der Waals surface area contributed by atoms with Crippen LogP contribution in [0.3, 0.4) is 0 Å². The second kappa shape index (κ2) is 12.7. The fourth-order valence-electron chi connectivity index (χ4n) is 2.12. The van der Waals surface area contributed by atoms with Gasteiger partial charge in [-0.25, -0.2) is 0 Å². The van der Waals surface area contributed by atoms with Crippen LogP contribution in [-0.2, 0) is 14.3 Å². The topological polar surface area (TPSA) is 84.0 Å². The average Bonchev–Trinajstić information content (AvgIpc) is 3.01. The molecule has 0 aromatic carbocycles. The number of nitrogens with zero attached hydrogens (tertiary/aromatic N) is 1. The molecule has 2 atom stereocenters. The predicted molar refractivity (Wildman–Crippen MR) is 112 cm³/mol. The molecule has 0 aromatic heterocycles. The first-order valence-corrected chi connectivity index (χ1v) is 8.85. The molecule has 0 aromatic rings. The number of hydrogen-bond donors (Lipinski definition) is 3. The largest absolute Gasteiger partial charge is 0.379 e. The van der Waals surface area contributed by atoms with Gasteiger partial charge in [0.25, 0.3) is 0 Å². The van der Waals surface area contributed by atoms with Crippen molar-refractivity contribution < 1.29 is 14.3 Å². The number of hydrogen-bond acceptors (Lipinski definition) is 4. The van der Waals surface area contributed by atoms with Crippen molar-refractivity contribution in [2.75, 3.05) is 39.5 Å². The van der Waals surface area contributed by atoms with Crippen LogP contribution in [0, 0.1) is 5.41 Å². The third kappa shape index (κ3) is 10.9. The summed E-state index contributed by atoms with van der Waals surface area (Å²) in [5, 5.41) is 9.42. The summed E-state index contributed by atoms with van der Waals surface area (Å²) in [4.78, 5) is 16.3. The molecule has 1 aliphatic rings. The standard InChI is InChI=1S/C17H34N4O3.HI/c1-6-18-16(20-9-8-19-15(22)17(3,4)5)21-13(2)11-24-14-7-10-23-12-14;/h13-14H,6-12H2,1-5H3,(H,19,22)(H2,18,20,21);1H. The molecule has 25 heavy (non-hydrogen) atoms. The van der Waals surface area contributed by atoms with Gasteiger partial charge in [-0.05, 0) is 20.3 Å². The highest BCUT2D eigenvalue weighted by atomic mass is 127. The molecule has 2 unspecified atom stereocenters. The summed E-state index contributed by atoms with van der Waals surface area (Å²) in [5.41, 5.74) is -0.373. The van der Waals surface area contributed by atoms with Gasteiger partial charge >= 0.3 is 0 Å². The van der Waals surface area contributed by atoms with Crippen LogP contribution in [0.1, 0.15) is 41.0 Å². The lowest BCUT2D eigenvalue weighted by molar-refractivity contribution is -0.128. The Labute approximate surface area is 169 Å². The van der Waals surface area contributed by atoms with Gasteiger partial charge in [0.2, 0.25) is 5.91 Å². The first-order valence-electron chi connectivity index (χ1n) is 8.85. The normalized spacial score (nSPS) is 19.1. The third-order valence-corrected chi connectivity index (χ3v) is 3.55. The number of ether oxygens (including phenoxy) is 2. The van der Waals surface area contributed by atoms with E-state index in [2.05, 4.69) is 27.9 Å². The maximum Gasteiger partial charge on any atom is 0.225 e. The lowest BCUT2D eigenvalue weighted by Gasteiger charge is -2.20. The second-order valence-electron chi connectivity index (χ2n) is 7.13.